The van der Waals surface area contributed by atoms with Crippen LogP contribution in [0.1, 0.15) is 25.0 Å². The second kappa shape index (κ2) is 5.72. The molecule has 0 aliphatic carbocycles. The highest BCUT2D eigenvalue weighted by atomic mass is 32.1. The van der Waals surface area contributed by atoms with Crippen molar-refractivity contribution in [3.05, 3.63) is 35.1 Å². The van der Waals surface area contributed by atoms with Crippen molar-refractivity contribution in [2.45, 2.75) is 20.4 Å². The van der Waals surface area contributed by atoms with E-state index in [1.165, 1.54) is 6.07 Å². The first kappa shape index (κ1) is 13.6. The van der Waals surface area contributed by atoms with Crippen molar-refractivity contribution >= 4 is 23.1 Å². The Hall–Kier alpha value is -1.49. The molecule has 0 bridgehead atoms. The maximum absolute atomic E-state index is 13.6. The van der Waals surface area contributed by atoms with E-state index in [-0.39, 0.29) is 23.4 Å². The molecule has 0 aliphatic heterocycles. The highest BCUT2D eigenvalue weighted by molar-refractivity contribution is 7.80. The third-order valence-corrected chi connectivity index (χ3v) is 2.55. The maximum atomic E-state index is 13.6. The Morgan fingerprint density at radius 1 is 1.53 bits per heavy atom. The predicted molar refractivity (Wildman–Crippen MR) is 69.0 cm³/mol. The quantitative estimate of drug-likeness (QED) is 0.805. The summed E-state index contributed by atoms with van der Waals surface area (Å²) in [4.78, 5) is 11.5. The smallest absolute Gasteiger partial charge is 0.222 e. The third-order valence-electron chi connectivity index (χ3n) is 2.32. The minimum absolute atomic E-state index is 0.108. The summed E-state index contributed by atoms with van der Waals surface area (Å²) in [6.07, 6.45) is 0. The van der Waals surface area contributed by atoms with Crippen molar-refractivity contribution in [1.82, 2.24) is 5.32 Å². The number of carbonyl (C=O) groups excluding carboxylic acids is 1. The van der Waals surface area contributed by atoms with Gasteiger partial charge < -0.3 is 11.1 Å². The van der Waals surface area contributed by atoms with Crippen molar-refractivity contribution in [3.8, 4) is 0 Å². The average molecular weight is 254 g/mol. The van der Waals surface area contributed by atoms with Gasteiger partial charge in [0.05, 0.1) is 0 Å². The molecule has 3 nitrogen and oxygen atoms in total. The summed E-state index contributed by atoms with van der Waals surface area (Å²) in [5, 5.41) is 2.64. The zero-order chi connectivity index (χ0) is 13.0. The van der Waals surface area contributed by atoms with Crippen LogP contribution in [0.3, 0.4) is 0 Å². The molecule has 0 aliphatic rings. The molecule has 0 radical (unpaired) electrons. The highest BCUT2D eigenvalue weighted by Gasteiger charge is 2.09. The molecule has 0 unspecified atom stereocenters. The van der Waals surface area contributed by atoms with Crippen LogP contribution in [0.5, 0.6) is 0 Å². The summed E-state index contributed by atoms with van der Waals surface area (Å²) in [5.74, 6) is -0.642. The van der Waals surface area contributed by atoms with Gasteiger partial charge in [-0.05, 0) is 6.07 Å². The van der Waals surface area contributed by atoms with Gasteiger partial charge in [0, 0.05) is 23.6 Å². The molecule has 1 aromatic carbocycles. The van der Waals surface area contributed by atoms with Gasteiger partial charge in [0.15, 0.2) is 0 Å². The van der Waals surface area contributed by atoms with Gasteiger partial charge >= 0.3 is 0 Å². The van der Waals surface area contributed by atoms with Crippen molar-refractivity contribution < 1.29 is 9.18 Å². The summed E-state index contributed by atoms with van der Waals surface area (Å²) >= 11 is 4.75. The Balaban J connectivity index is 2.73. The standard InChI is InChI=1S/C12H15FN2OS/c1-7(2)12(16)15-6-9-4-3-8(11(14)17)5-10(9)13/h3-5,7H,6H2,1-2H3,(H2,14,17)(H,15,16). The predicted octanol–water partition coefficient (Wildman–Crippen LogP) is 1.73. The van der Waals surface area contributed by atoms with Crippen LogP contribution in [0.25, 0.3) is 0 Å². The SMILES string of the molecule is CC(C)C(=O)NCc1ccc(C(N)=S)cc1F. The molecule has 0 saturated heterocycles. The summed E-state index contributed by atoms with van der Waals surface area (Å²) in [6.45, 7) is 3.73. The normalized spacial score (nSPS) is 10.4. The topological polar surface area (TPSA) is 55.1 Å². The molecule has 0 fully saturated rings. The van der Waals surface area contributed by atoms with Crippen molar-refractivity contribution in [1.29, 1.82) is 0 Å². The van der Waals surface area contributed by atoms with E-state index < -0.39 is 5.82 Å². The number of hydrogen-bond acceptors (Lipinski definition) is 2. The van der Waals surface area contributed by atoms with Crippen LogP contribution in [-0.2, 0) is 11.3 Å². The molecule has 0 aromatic heterocycles. The van der Waals surface area contributed by atoms with Crippen molar-refractivity contribution in [3.63, 3.8) is 0 Å². The summed E-state index contributed by atoms with van der Waals surface area (Å²) in [6, 6.07) is 4.49. The Bertz CT molecular complexity index is 446. The van der Waals surface area contributed by atoms with Crippen LogP contribution in [0.2, 0.25) is 0 Å². The van der Waals surface area contributed by atoms with E-state index in [0.29, 0.717) is 11.1 Å². The fraction of sp³-hybridized carbons (Fsp3) is 0.333. The van der Waals surface area contributed by atoms with Crippen LogP contribution in [0.4, 0.5) is 4.39 Å². The molecular formula is C12H15FN2OS. The second-order valence-corrected chi connectivity index (χ2v) is 4.48. The number of amides is 1. The second-order valence-electron chi connectivity index (χ2n) is 4.04. The molecule has 1 rings (SSSR count). The largest absolute Gasteiger partial charge is 0.389 e. The van der Waals surface area contributed by atoms with E-state index in [0.717, 1.165) is 0 Å². The first-order valence-corrected chi connectivity index (χ1v) is 5.68. The number of hydrogen-bond donors (Lipinski definition) is 2. The Morgan fingerprint density at radius 3 is 2.65 bits per heavy atom. The molecular weight excluding hydrogens is 239 g/mol. The van der Waals surface area contributed by atoms with Crippen LogP contribution >= 0.6 is 12.2 Å². The number of halogens is 1. The number of nitrogens with one attached hydrogen (secondary N) is 1. The van der Waals surface area contributed by atoms with E-state index >= 15 is 0 Å². The van der Waals surface area contributed by atoms with Gasteiger partial charge in [-0.3, -0.25) is 4.79 Å². The summed E-state index contributed by atoms with van der Waals surface area (Å²) in [5.41, 5.74) is 6.29. The summed E-state index contributed by atoms with van der Waals surface area (Å²) in [7, 11) is 0. The first-order valence-electron chi connectivity index (χ1n) is 5.27. The zero-order valence-electron chi connectivity index (χ0n) is 9.79. The van der Waals surface area contributed by atoms with E-state index in [4.69, 9.17) is 18.0 Å². The number of carbonyl (C=O) groups is 1. The highest BCUT2D eigenvalue weighted by Crippen LogP contribution is 2.10. The van der Waals surface area contributed by atoms with E-state index in [2.05, 4.69) is 5.32 Å². The number of thiocarbonyl (C=S) groups is 1. The van der Waals surface area contributed by atoms with Gasteiger partial charge in [-0.2, -0.15) is 0 Å². The van der Waals surface area contributed by atoms with Gasteiger partial charge in [0.2, 0.25) is 5.91 Å². The van der Waals surface area contributed by atoms with Crippen LogP contribution < -0.4 is 11.1 Å². The monoisotopic (exact) mass is 254 g/mol. The fourth-order valence-electron chi connectivity index (χ4n) is 1.23. The molecule has 0 atom stereocenters. The zero-order valence-corrected chi connectivity index (χ0v) is 10.6. The maximum Gasteiger partial charge on any atom is 0.222 e. The molecule has 5 heteroatoms. The lowest BCUT2D eigenvalue weighted by atomic mass is 10.1. The molecule has 0 spiro atoms. The van der Waals surface area contributed by atoms with Crippen LogP contribution in [0, 0.1) is 11.7 Å². The average Bonchev–Trinajstić information content (AvgIpc) is 2.26. The fourth-order valence-corrected chi connectivity index (χ4v) is 1.36. The molecule has 0 saturated carbocycles. The van der Waals surface area contributed by atoms with Crippen LogP contribution in [0.15, 0.2) is 18.2 Å². The minimum Gasteiger partial charge on any atom is -0.389 e. The van der Waals surface area contributed by atoms with Gasteiger partial charge in [0.1, 0.15) is 10.8 Å². The summed E-state index contributed by atoms with van der Waals surface area (Å²) < 4.78 is 13.6. The van der Waals surface area contributed by atoms with E-state index in [9.17, 15) is 9.18 Å². The third kappa shape index (κ3) is 3.78. The van der Waals surface area contributed by atoms with E-state index in [1.54, 1.807) is 26.0 Å². The van der Waals surface area contributed by atoms with Crippen molar-refractivity contribution in [2.24, 2.45) is 11.7 Å². The lowest BCUT2D eigenvalue weighted by molar-refractivity contribution is -0.124. The molecule has 1 amide bonds. The molecule has 1 aromatic rings. The molecule has 3 N–H and O–H groups in total. The number of rotatable bonds is 4. The lowest BCUT2D eigenvalue weighted by Crippen LogP contribution is -2.27. The minimum atomic E-state index is -0.417. The number of benzene rings is 1. The van der Waals surface area contributed by atoms with Gasteiger partial charge in [-0.1, -0.05) is 38.2 Å². The molecule has 92 valence electrons. The molecule has 0 heterocycles. The number of nitrogens with two attached hydrogens (primary N) is 1. The van der Waals surface area contributed by atoms with Gasteiger partial charge in [-0.15, -0.1) is 0 Å². The molecule has 17 heavy (non-hydrogen) atoms. The van der Waals surface area contributed by atoms with Gasteiger partial charge in [-0.25, -0.2) is 4.39 Å². The Labute approximate surface area is 105 Å². The Kier molecular flexibility index (Phi) is 4.57. The van der Waals surface area contributed by atoms with Gasteiger partial charge in [0.25, 0.3) is 0 Å². The first-order chi connectivity index (χ1) is 7.91. The van der Waals surface area contributed by atoms with E-state index in [1.807, 2.05) is 0 Å². The lowest BCUT2D eigenvalue weighted by Gasteiger charge is -2.09. The van der Waals surface area contributed by atoms with Crippen molar-refractivity contribution in [2.75, 3.05) is 0 Å². The van der Waals surface area contributed by atoms with Crippen LogP contribution in [-0.4, -0.2) is 10.9 Å². The Morgan fingerprint density at radius 2 is 2.18 bits per heavy atom.